The topological polar surface area (TPSA) is 123 Å². The van der Waals surface area contributed by atoms with Gasteiger partial charge in [-0.3, -0.25) is 9.48 Å². The maximum Gasteiger partial charge on any atom is 0.408 e. The maximum atomic E-state index is 13.4. The van der Waals surface area contributed by atoms with Crippen LogP contribution in [0.2, 0.25) is 0 Å². The predicted molar refractivity (Wildman–Crippen MR) is 127 cm³/mol. The highest BCUT2D eigenvalue weighted by molar-refractivity contribution is 7.91. The van der Waals surface area contributed by atoms with Gasteiger partial charge in [0.2, 0.25) is 9.84 Å². The quantitative estimate of drug-likeness (QED) is 0.546. The van der Waals surface area contributed by atoms with Crippen LogP contribution in [0.5, 0.6) is 0 Å². The molecule has 1 aromatic carbocycles. The summed E-state index contributed by atoms with van der Waals surface area (Å²) in [7, 11) is 0.904. The Kier molecular flexibility index (Phi) is 7.13. The van der Waals surface area contributed by atoms with E-state index in [2.05, 4.69) is 15.4 Å². The monoisotopic (exact) mass is 505 g/mol. The number of nitrogens with zero attached hydrogens (tertiary/aromatic N) is 4. The minimum absolute atomic E-state index is 0.0230. The van der Waals surface area contributed by atoms with Gasteiger partial charge < -0.3 is 15.0 Å². The Bertz CT molecular complexity index is 1320. The van der Waals surface area contributed by atoms with Crippen molar-refractivity contribution in [2.24, 2.45) is 7.05 Å². The lowest BCUT2D eigenvalue weighted by Crippen LogP contribution is -2.32. The highest BCUT2D eigenvalue weighted by atomic mass is 32.2. The Morgan fingerprint density at radius 1 is 1.18 bits per heavy atom. The molecule has 0 aliphatic carbocycles. The van der Waals surface area contributed by atoms with Gasteiger partial charge >= 0.3 is 6.09 Å². The second kappa shape index (κ2) is 9.55. The standard InChI is InChI=1S/C22H27N5O5S2/c1-22(2,3)32-21(29)23-11-18-25-19(13-33-18)34(30,31)17-8-14(16-10-24-27(6)12-16)7-15(9-17)20(28)26(4)5/h7-10,12-13H,11H2,1-6H3,(H,23,29). The number of aromatic nitrogens is 3. The van der Waals surface area contributed by atoms with Crippen LogP contribution in [0.3, 0.4) is 0 Å². The zero-order chi connectivity index (χ0) is 25.3. The van der Waals surface area contributed by atoms with E-state index in [1.54, 1.807) is 65.1 Å². The van der Waals surface area contributed by atoms with Crippen LogP contribution in [-0.2, 0) is 28.2 Å². The van der Waals surface area contributed by atoms with Gasteiger partial charge in [0.15, 0.2) is 5.03 Å². The van der Waals surface area contributed by atoms with E-state index in [0.717, 1.165) is 11.3 Å². The molecule has 2 aromatic heterocycles. The average molecular weight is 506 g/mol. The molecule has 0 unspecified atom stereocenters. The molecule has 12 heteroatoms. The highest BCUT2D eigenvalue weighted by Crippen LogP contribution is 2.29. The van der Waals surface area contributed by atoms with E-state index in [-0.39, 0.29) is 27.9 Å². The number of hydrogen-bond donors (Lipinski definition) is 1. The lowest BCUT2D eigenvalue weighted by atomic mass is 10.1. The Morgan fingerprint density at radius 3 is 2.47 bits per heavy atom. The summed E-state index contributed by atoms with van der Waals surface area (Å²) in [5.41, 5.74) is 0.795. The first-order chi connectivity index (χ1) is 15.8. The summed E-state index contributed by atoms with van der Waals surface area (Å²) in [4.78, 5) is 30.0. The molecule has 3 aromatic rings. The fraction of sp³-hybridized carbons (Fsp3) is 0.364. The number of aryl methyl sites for hydroxylation is 1. The smallest absolute Gasteiger partial charge is 0.408 e. The van der Waals surface area contributed by atoms with Gasteiger partial charge in [-0.05, 0) is 44.5 Å². The molecule has 34 heavy (non-hydrogen) atoms. The summed E-state index contributed by atoms with van der Waals surface area (Å²) in [5.74, 6) is -0.331. The Morgan fingerprint density at radius 2 is 1.88 bits per heavy atom. The van der Waals surface area contributed by atoms with Crippen molar-refractivity contribution in [1.29, 1.82) is 0 Å². The minimum atomic E-state index is -4.03. The molecule has 10 nitrogen and oxygen atoms in total. The van der Waals surface area contributed by atoms with Crippen molar-refractivity contribution in [2.45, 2.75) is 42.8 Å². The van der Waals surface area contributed by atoms with Crippen LogP contribution in [0.1, 0.15) is 36.1 Å². The third-order valence-corrected chi connectivity index (χ3v) is 7.11. The number of ether oxygens (including phenoxy) is 1. The molecule has 0 aliphatic heterocycles. The molecular formula is C22H27N5O5S2. The summed E-state index contributed by atoms with van der Waals surface area (Å²) < 4.78 is 33.6. The van der Waals surface area contributed by atoms with Gasteiger partial charge in [-0.25, -0.2) is 18.2 Å². The summed E-state index contributed by atoms with van der Waals surface area (Å²) in [6.07, 6.45) is 2.71. The Balaban J connectivity index is 1.93. The Hall–Kier alpha value is -3.25. The summed E-state index contributed by atoms with van der Waals surface area (Å²) in [6.45, 7) is 5.26. The molecule has 0 bridgehead atoms. The molecular weight excluding hydrogens is 478 g/mol. The fourth-order valence-corrected chi connectivity index (χ4v) is 5.30. The molecule has 2 heterocycles. The van der Waals surface area contributed by atoms with Crippen molar-refractivity contribution in [3.8, 4) is 11.1 Å². The van der Waals surface area contributed by atoms with Crippen molar-refractivity contribution in [1.82, 2.24) is 25.0 Å². The first kappa shape index (κ1) is 25.4. The van der Waals surface area contributed by atoms with Crippen LogP contribution < -0.4 is 5.32 Å². The maximum absolute atomic E-state index is 13.4. The van der Waals surface area contributed by atoms with Crippen molar-refractivity contribution in [3.63, 3.8) is 0 Å². The molecule has 2 amide bonds. The number of rotatable bonds is 6. The van der Waals surface area contributed by atoms with Gasteiger partial charge in [0.25, 0.3) is 5.91 Å². The van der Waals surface area contributed by atoms with Crippen molar-refractivity contribution < 1.29 is 22.7 Å². The van der Waals surface area contributed by atoms with E-state index < -0.39 is 21.5 Å². The zero-order valence-corrected chi connectivity index (χ0v) is 21.5. The summed E-state index contributed by atoms with van der Waals surface area (Å²) in [5, 5.41) is 8.34. The zero-order valence-electron chi connectivity index (χ0n) is 19.8. The van der Waals surface area contributed by atoms with Gasteiger partial charge in [-0.15, -0.1) is 11.3 Å². The molecule has 182 valence electrons. The first-order valence-electron chi connectivity index (χ1n) is 10.3. The number of sulfone groups is 1. The molecule has 0 aliphatic rings. The van der Waals surface area contributed by atoms with E-state index in [1.165, 1.54) is 22.4 Å². The van der Waals surface area contributed by atoms with E-state index in [0.29, 0.717) is 16.1 Å². The second-order valence-corrected chi connectivity index (χ2v) is 11.6. The largest absolute Gasteiger partial charge is 0.444 e. The van der Waals surface area contributed by atoms with Gasteiger partial charge in [-0.1, -0.05) is 0 Å². The number of carbonyl (C=O) groups is 2. The van der Waals surface area contributed by atoms with Gasteiger partial charge in [0.05, 0.1) is 17.6 Å². The number of thiazole rings is 1. The number of nitrogens with one attached hydrogen (secondary N) is 1. The van der Waals surface area contributed by atoms with Crippen molar-refractivity contribution in [2.75, 3.05) is 14.1 Å². The van der Waals surface area contributed by atoms with E-state index in [9.17, 15) is 18.0 Å². The number of amides is 2. The highest BCUT2D eigenvalue weighted by Gasteiger charge is 2.25. The lowest BCUT2D eigenvalue weighted by molar-refractivity contribution is 0.0523. The molecule has 0 saturated carbocycles. The molecule has 3 rings (SSSR count). The molecule has 0 saturated heterocycles. The van der Waals surface area contributed by atoms with Crippen LogP contribution in [0.15, 0.2) is 45.9 Å². The average Bonchev–Trinajstić information content (AvgIpc) is 3.39. The van der Waals surface area contributed by atoms with Crippen molar-refractivity contribution in [3.05, 3.63) is 46.5 Å². The summed E-state index contributed by atoms with van der Waals surface area (Å²) in [6, 6.07) is 4.47. The fourth-order valence-electron chi connectivity index (χ4n) is 2.95. The normalized spacial score (nSPS) is 11.8. The first-order valence-corrected chi connectivity index (χ1v) is 12.6. The minimum Gasteiger partial charge on any atom is -0.444 e. The van der Waals surface area contributed by atoms with Crippen LogP contribution >= 0.6 is 11.3 Å². The number of alkyl carbamates (subject to hydrolysis) is 1. The summed E-state index contributed by atoms with van der Waals surface area (Å²) >= 11 is 1.10. The second-order valence-electron chi connectivity index (χ2n) is 8.79. The molecule has 1 N–H and O–H groups in total. The number of hydrogen-bond acceptors (Lipinski definition) is 8. The van der Waals surface area contributed by atoms with Gasteiger partial charge in [0.1, 0.15) is 10.6 Å². The number of benzene rings is 1. The number of carbonyl (C=O) groups excluding carboxylic acids is 2. The van der Waals surface area contributed by atoms with E-state index in [1.807, 2.05) is 0 Å². The molecule has 0 radical (unpaired) electrons. The third-order valence-electron chi connectivity index (χ3n) is 4.50. The molecule has 0 fully saturated rings. The molecule has 0 spiro atoms. The van der Waals surface area contributed by atoms with Crippen LogP contribution in [0, 0.1) is 0 Å². The van der Waals surface area contributed by atoms with Crippen molar-refractivity contribution >= 4 is 33.2 Å². The third kappa shape index (κ3) is 6.00. The predicted octanol–water partition coefficient (Wildman–Crippen LogP) is 3.10. The van der Waals surface area contributed by atoms with Crippen LogP contribution in [-0.4, -0.2) is 59.8 Å². The van der Waals surface area contributed by atoms with Crippen LogP contribution in [0.4, 0.5) is 4.79 Å². The van der Waals surface area contributed by atoms with Crippen LogP contribution in [0.25, 0.3) is 11.1 Å². The lowest BCUT2D eigenvalue weighted by Gasteiger charge is -2.19. The van der Waals surface area contributed by atoms with E-state index >= 15 is 0 Å². The SMILES string of the molecule is CN(C)C(=O)c1cc(-c2cnn(C)c2)cc(S(=O)(=O)c2csc(CNC(=O)OC(C)(C)C)n2)c1. The van der Waals surface area contributed by atoms with Gasteiger partial charge in [0, 0.05) is 43.8 Å². The Labute approximate surface area is 202 Å². The molecule has 0 atom stereocenters. The van der Waals surface area contributed by atoms with Gasteiger partial charge in [-0.2, -0.15) is 5.10 Å². The van der Waals surface area contributed by atoms with E-state index in [4.69, 9.17) is 4.74 Å².